The summed E-state index contributed by atoms with van der Waals surface area (Å²) >= 11 is 0. The molecule has 1 amide bonds. The van der Waals surface area contributed by atoms with Crippen molar-refractivity contribution in [3.8, 4) is 11.5 Å². The lowest BCUT2D eigenvalue weighted by Gasteiger charge is -2.26. The lowest BCUT2D eigenvalue weighted by molar-refractivity contribution is -0.929. The Morgan fingerprint density at radius 3 is 2.53 bits per heavy atom. The lowest BCUT2D eigenvalue weighted by atomic mass is 9.99. The van der Waals surface area contributed by atoms with Gasteiger partial charge in [0.2, 0.25) is 6.79 Å². The minimum Gasteiger partial charge on any atom is -0.454 e. The fourth-order valence-electron chi connectivity index (χ4n) is 4.19. The van der Waals surface area contributed by atoms with Crippen molar-refractivity contribution in [1.29, 1.82) is 0 Å². The first kappa shape index (κ1) is 18.7. The van der Waals surface area contributed by atoms with Crippen molar-refractivity contribution in [1.82, 2.24) is 5.32 Å². The number of ether oxygens (including phenoxy) is 2. The van der Waals surface area contributed by atoms with Gasteiger partial charge in [0, 0.05) is 29.7 Å². The number of rotatable bonds is 5. The second kappa shape index (κ2) is 8.20. The van der Waals surface area contributed by atoms with E-state index in [1.54, 1.807) is 4.90 Å². The van der Waals surface area contributed by atoms with Crippen molar-refractivity contribution in [2.45, 2.75) is 26.1 Å². The van der Waals surface area contributed by atoms with E-state index < -0.39 is 0 Å². The van der Waals surface area contributed by atoms with Gasteiger partial charge in [0.05, 0.1) is 6.54 Å². The minimum absolute atomic E-state index is 0.0709. The molecule has 0 bridgehead atoms. The summed E-state index contributed by atoms with van der Waals surface area (Å²) in [6.07, 6.45) is 1.13. The molecule has 3 aromatic rings. The second-order valence-corrected chi connectivity index (χ2v) is 7.94. The molecule has 2 heterocycles. The fraction of sp³-hybridized carbons (Fsp3) is 0.240. The Labute approximate surface area is 176 Å². The van der Waals surface area contributed by atoms with Gasteiger partial charge in [0.1, 0.15) is 13.1 Å². The molecule has 0 saturated carbocycles. The molecule has 2 aliphatic rings. The monoisotopic (exact) mass is 401 g/mol. The second-order valence-electron chi connectivity index (χ2n) is 7.94. The quantitative estimate of drug-likeness (QED) is 0.691. The molecule has 5 rings (SSSR count). The number of carbonyl (C=O) groups is 1. The smallest absolute Gasteiger partial charge is 0.251 e. The summed E-state index contributed by atoms with van der Waals surface area (Å²) in [5.74, 6) is 1.41. The van der Waals surface area contributed by atoms with Gasteiger partial charge in [-0.2, -0.15) is 0 Å². The van der Waals surface area contributed by atoms with Gasteiger partial charge < -0.3 is 19.7 Å². The van der Waals surface area contributed by atoms with Crippen LogP contribution in [0.4, 0.5) is 0 Å². The Kier molecular flexibility index (Phi) is 5.11. The van der Waals surface area contributed by atoms with Crippen LogP contribution in [0.1, 0.15) is 32.6 Å². The number of amides is 1. The summed E-state index contributed by atoms with van der Waals surface area (Å²) in [6, 6.07) is 22.4. The highest BCUT2D eigenvalue weighted by Gasteiger charge is 2.19. The number of carbonyl (C=O) groups excluding carboxylic acids is 1. The third-order valence-corrected chi connectivity index (χ3v) is 5.87. The van der Waals surface area contributed by atoms with Crippen molar-refractivity contribution in [2.24, 2.45) is 0 Å². The van der Waals surface area contributed by atoms with Crippen LogP contribution in [0.2, 0.25) is 0 Å². The molecular formula is C25H25N2O3+. The molecule has 152 valence electrons. The zero-order chi connectivity index (χ0) is 20.3. The summed E-state index contributed by atoms with van der Waals surface area (Å²) in [5.41, 5.74) is 5.86. The topological polar surface area (TPSA) is 52.0 Å². The summed E-state index contributed by atoms with van der Waals surface area (Å²) in [5, 5.41) is 2.98. The normalized spacial score (nSPS) is 16.7. The molecule has 2 aliphatic heterocycles. The third kappa shape index (κ3) is 4.02. The summed E-state index contributed by atoms with van der Waals surface area (Å²) in [7, 11) is 0. The van der Waals surface area contributed by atoms with Crippen LogP contribution < -0.4 is 19.7 Å². The van der Waals surface area contributed by atoms with Gasteiger partial charge >= 0.3 is 0 Å². The first-order chi connectivity index (χ1) is 14.7. The van der Waals surface area contributed by atoms with Gasteiger partial charge in [-0.1, -0.05) is 42.5 Å². The molecule has 0 saturated heterocycles. The lowest BCUT2D eigenvalue weighted by Crippen LogP contribution is -3.10. The van der Waals surface area contributed by atoms with E-state index in [0.717, 1.165) is 43.1 Å². The van der Waals surface area contributed by atoms with E-state index in [2.05, 4.69) is 41.7 Å². The predicted octanol–water partition coefficient (Wildman–Crippen LogP) is 2.49. The number of fused-ring (bicyclic) bond motifs is 2. The third-order valence-electron chi connectivity index (χ3n) is 5.87. The van der Waals surface area contributed by atoms with Crippen LogP contribution in [0.3, 0.4) is 0 Å². The molecule has 5 nitrogen and oxygen atoms in total. The Morgan fingerprint density at radius 1 is 0.900 bits per heavy atom. The summed E-state index contributed by atoms with van der Waals surface area (Å²) < 4.78 is 10.7. The maximum Gasteiger partial charge on any atom is 0.251 e. The van der Waals surface area contributed by atoms with E-state index >= 15 is 0 Å². The fourth-order valence-corrected chi connectivity index (χ4v) is 4.19. The highest BCUT2D eigenvalue weighted by molar-refractivity contribution is 5.94. The van der Waals surface area contributed by atoms with Crippen molar-refractivity contribution in [3.63, 3.8) is 0 Å². The molecule has 3 aromatic carbocycles. The van der Waals surface area contributed by atoms with Crippen LogP contribution >= 0.6 is 0 Å². The zero-order valence-electron chi connectivity index (χ0n) is 16.8. The van der Waals surface area contributed by atoms with Gasteiger partial charge in [-0.05, 0) is 35.4 Å². The van der Waals surface area contributed by atoms with Crippen molar-refractivity contribution >= 4 is 5.91 Å². The van der Waals surface area contributed by atoms with Gasteiger partial charge in [-0.3, -0.25) is 4.79 Å². The molecule has 1 unspecified atom stereocenters. The number of benzene rings is 3. The minimum atomic E-state index is -0.0709. The zero-order valence-corrected chi connectivity index (χ0v) is 16.8. The van der Waals surface area contributed by atoms with E-state index in [1.807, 2.05) is 30.3 Å². The predicted molar refractivity (Wildman–Crippen MR) is 114 cm³/mol. The molecule has 0 spiro atoms. The molecule has 5 heteroatoms. The number of quaternary nitrogens is 1. The van der Waals surface area contributed by atoms with Gasteiger partial charge in [0.25, 0.3) is 5.91 Å². The number of hydrogen-bond acceptors (Lipinski definition) is 3. The molecule has 2 N–H and O–H groups in total. The SMILES string of the molecule is O=C(NCc1ccc2c(c1)OCO2)c1ccc(C[NH+]2CCc3ccccc3C2)cc1. The van der Waals surface area contributed by atoms with E-state index in [1.165, 1.54) is 16.7 Å². The van der Waals surface area contributed by atoms with Crippen LogP contribution in [0, 0.1) is 0 Å². The van der Waals surface area contributed by atoms with E-state index in [9.17, 15) is 4.79 Å². The van der Waals surface area contributed by atoms with Crippen LogP contribution in [0.25, 0.3) is 0 Å². The first-order valence-electron chi connectivity index (χ1n) is 10.4. The molecule has 0 radical (unpaired) electrons. The van der Waals surface area contributed by atoms with E-state index in [0.29, 0.717) is 12.1 Å². The maximum absolute atomic E-state index is 12.5. The van der Waals surface area contributed by atoms with Crippen molar-refractivity contribution in [2.75, 3.05) is 13.3 Å². The molecule has 0 aliphatic carbocycles. The molecular weight excluding hydrogens is 376 g/mol. The summed E-state index contributed by atoms with van der Waals surface area (Å²) in [4.78, 5) is 14.1. The Morgan fingerprint density at radius 2 is 1.67 bits per heavy atom. The standard InChI is InChI=1S/C25H24N2O3/c28-25(26-14-19-7-10-23-24(13-19)30-17-29-23)21-8-5-18(6-9-21)15-27-12-11-20-3-1-2-4-22(20)16-27/h1-10,13H,11-12,14-17H2,(H,26,28)/p+1. The molecule has 0 fully saturated rings. The van der Waals surface area contributed by atoms with Crippen LogP contribution in [0.5, 0.6) is 11.5 Å². The number of nitrogens with one attached hydrogen (secondary N) is 2. The Hall–Kier alpha value is -3.31. The highest BCUT2D eigenvalue weighted by Crippen LogP contribution is 2.32. The van der Waals surface area contributed by atoms with Crippen LogP contribution in [-0.2, 0) is 26.1 Å². The summed E-state index contributed by atoms with van der Waals surface area (Å²) in [6.45, 7) is 3.90. The largest absolute Gasteiger partial charge is 0.454 e. The van der Waals surface area contributed by atoms with E-state index in [-0.39, 0.29) is 12.7 Å². The van der Waals surface area contributed by atoms with Crippen LogP contribution in [-0.4, -0.2) is 19.2 Å². The van der Waals surface area contributed by atoms with Gasteiger partial charge in [-0.25, -0.2) is 0 Å². The average molecular weight is 401 g/mol. The first-order valence-corrected chi connectivity index (χ1v) is 10.4. The molecule has 1 atom stereocenters. The molecule has 30 heavy (non-hydrogen) atoms. The van der Waals surface area contributed by atoms with E-state index in [4.69, 9.17) is 9.47 Å². The van der Waals surface area contributed by atoms with Crippen molar-refractivity contribution in [3.05, 3.63) is 94.5 Å². The van der Waals surface area contributed by atoms with Gasteiger partial charge in [-0.15, -0.1) is 0 Å². The Balaban J connectivity index is 1.16. The highest BCUT2D eigenvalue weighted by atomic mass is 16.7. The molecule has 0 aromatic heterocycles. The van der Waals surface area contributed by atoms with Gasteiger partial charge in [0.15, 0.2) is 11.5 Å². The maximum atomic E-state index is 12.5. The number of hydrogen-bond donors (Lipinski definition) is 2. The van der Waals surface area contributed by atoms with Crippen molar-refractivity contribution < 1.29 is 19.2 Å². The van der Waals surface area contributed by atoms with Crippen LogP contribution in [0.15, 0.2) is 66.7 Å². The Bertz CT molecular complexity index is 1060. The average Bonchev–Trinajstić information content (AvgIpc) is 3.26.